The van der Waals surface area contributed by atoms with Gasteiger partial charge in [-0.15, -0.1) is 0 Å². The molecule has 204 valence electrons. The summed E-state index contributed by atoms with van der Waals surface area (Å²) in [5.41, 5.74) is 0. The van der Waals surface area contributed by atoms with Crippen LogP contribution in [0.3, 0.4) is 0 Å². The third-order valence-corrected chi connectivity index (χ3v) is 6.85. The maximum absolute atomic E-state index is 10.6. The van der Waals surface area contributed by atoms with Gasteiger partial charge in [-0.2, -0.15) is 0 Å². The Kier molecular flexibility index (Phi) is 20.2. The van der Waals surface area contributed by atoms with Crippen LogP contribution in [0.1, 0.15) is 58.8 Å². The van der Waals surface area contributed by atoms with Gasteiger partial charge in [-0.1, -0.05) is 7.43 Å². The highest BCUT2D eigenvalue weighted by Gasteiger charge is 2.15. The van der Waals surface area contributed by atoms with Crippen molar-refractivity contribution in [2.75, 3.05) is 87.7 Å². The second kappa shape index (κ2) is 20.6. The number of Topliss-reactive ketones (excluding diaryl/α,β-unsaturated/α-hetero) is 1. The molecule has 0 radical (unpaired) electrons. The molecule has 0 unspecified atom stereocenters. The number of nitrogens with zero attached hydrogens (tertiary/aromatic N) is 3. The Morgan fingerprint density at radius 2 is 1.09 bits per heavy atom. The number of ketones is 1. The van der Waals surface area contributed by atoms with Gasteiger partial charge in [0.05, 0.1) is 18.3 Å². The van der Waals surface area contributed by atoms with Crippen LogP contribution in [0.4, 0.5) is 0 Å². The van der Waals surface area contributed by atoms with Crippen LogP contribution in [0.2, 0.25) is 0 Å². The molecule has 4 rings (SSSR count). The second-order valence-corrected chi connectivity index (χ2v) is 9.80. The molecule has 0 aromatic carbocycles. The van der Waals surface area contributed by atoms with Crippen LogP contribution in [-0.2, 0) is 14.3 Å². The van der Waals surface area contributed by atoms with Crippen molar-refractivity contribution in [1.82, 2.24) is 20.0 Å². The van der Waals surface area contributed by atoms with Gasteiger partial charge < -0.3 is 34.6 Å². The predicted molar refractivity (Wildman–Crippen MR) is 142 cm³/mol. The summed E-state index contributed by atoms with van der Waals surface area (Å²) in [6.07, 6.45) is 9.22. The molecule has 4 saturated heterocycles. The van der Waals surface area contributed by atoms with Crippen LogP contribution in [0.5, 0.6) is 0 Å². The van der Waals surface area contributed by atoms with E-state index in [4.69, 9.17) is 14.6 Å². The van der Waals surface area contributed by atoms with Crippen LogP contribution in [0.15, 0.2) is 0 Å². The summed E-state index contributed by atoms with van der Waals surface area (Å²) in [7, 11) is 9.89. The summed E-state index contributed by atoms with van der Waals surface area (Å²) in [6.45, 7) is 8.66. The van der Waals surface area contributed by atoms with Crippen molar-refractivity contribution in [3.63, 3.8) is 0 Å². The molecule has 4 heterocycles. The first-order valence-electron chi connectivity index (χ1n) is 12.9. The summed E-state index contributed by atoms with van der Waals surface area (Å²) in [5, 5.41) is 12.3. The largest absolute Gasteiger partial charge is 0.393 e. The molecule has 4 fully saturated rings. The minimum absolute atomic E-state index is 0. The third kappa shape index (κ3) is 16.9. The van der Waals surface area contributed by atoms with Crippen molar-refractivity contribution >= 4 is 5.78 Å². The molecule has 0 aromatic rings. The van der Waals surface area contributed by atoms with E-state index in [2.05, 4.69) is 34.1 Å². The molecule has 34 heavy (non-hydrogen) atoms. The van der Waals surface area contributed by atoms with Crippen molar-refractivity contribution < 1.29 is 19.4 Å². The lowest BCUT2D eigenvalue weighted by Gasteiger charge is -2.27. The molecule has 0 bridgehead atoms. The van der Waals surface area contributed by atoms with Gasteiger partial charge in [0.2, 0.25) is 0 Å². The fourth-order valence-electron chi connectivity index (χ4n) is 4.11. The van der Waals surface area contributed by atoms with Gasteiger partial charge in [0.1, 0.15) is 5.78 Å². The second-order valence-electron chi connectivity index (χ2n) is 9.80. The monoisotopic (exact) mass is 488 g/mol. The number of likely N-dealkylation sites (tertiary alicyclic amines) is 3. The average Bonchev–Trinajstić information content (AvgIpc) is 2.85. The molecule has 0 aliphatic carbocycles. The molecule has 8 nitrogen and oxygen atoms in total. The highest BCUT2D eigenvalue weighted by atomic mass is 16.5. The lowest BCUT2D eigenvalue weighted by Crippen LogP contribution is -2.33. The number of piperidine rings is 4. The number of aliphatic hydroxyl groups excluding tert-OH is 1. The van der Waals surface area contributed by atoms with E-state index >= 15 is 0 Å². The molecular weight excluding hydrogens is 432 g/mol. The molecule has 0 amide bonds. The molecule has 4 aliphatic rings. The van der Waals surface area contributed by atoms with E-state index in [0.717, 1.165) is 65.0 Å². The number of methoxy groups -OCH3 is 2. The number of hydrogen-bond acceptors (Lipinski definition) is 8. The van der Waals surface area contributed by atoms with Crippen LogP contribution >= 0.6 is 0 Å². The first kappa shape index (κ1) is 33.4. The summed E-state index contributed by atoms with van der Waals surface area (Å²) in [5.74, 6) is 0.420. The van der Waals surface area contributed by atoms with Gasteiger partial charge in [-0.25, -0.2) is 0 Å². The van der Waals surface area contributed by atoms with Crippen molar-refractivity contribution in [2.24, 2.45) is 0 Å². The van der Waals surface area contributed by atoms with Crippen LogP contribution in [-0.4, -0.2) is 132 Å². The van der Waals surface area contributed by atoms with Crippen LogP contribution in [0.25, 0.3) is 0 Å². The van der Waals surface area contributed by atoms with Crippen LogP contribution < -0.4 is 5.32 Å². The molecule has 0 spiro atoms. The number of aliphatic hydroxyl groups is 1. The highest BCUT2D eigenvalue weighted by Crippen LogP contribution is 2.10. The Balaban J connectivity index is 0.000000423. The van der Waals surface area contributed by atoms with Crippen LogP contribution in [0, 0.1) is 0 Å². The van der Waals surface area contributed by atoms with Crippen molar-refractivity contribution in [1.29, 1.82) is 0 Å². The first-order valence-corrected chi connectivity index (χ1v) is 12.9. The van der Waals surface area contributed by atoms with Gasteiger partial charge in [-0.3, -0.25) is 4.79 Å². The topological polar surface area (TPSA) is 77.5 Å². The fourth-order valence-corrected chi connectivity index (χ4v) is 4.11. The Morgan fingerprint density at radius 1 is 0.706 bits per heavy atom. The molecule has 2 N–H and O–H groups in total. The van der Waals surface area contributed by atoms with E-state index in [9.17, 15) is 4.79 Å². The SMILES string of the molecule is C.CN1CCC(=O)CC1.CN1CCC(O)CC1.COC1CCN(C)CC1.COC1CCNCC1. The van der Waals surface area contributed by atoms with E-state index in [-0.39, 0.29) is 13.5 Å². The molecule has 8 heteroatoms. The maximum atomic E-state index is 10.6. The number of nitrogens with one attached hydrogen (secondary N) is 1. The number of rotatable bonds is 2. The van der Waals surface area contributed by atoms with Crippen molar-refractivity contribution in [3.8, 4) is 0 Å². The Hall–Kier alpha value is -0.610. The van der Waals surface area contributed by atoms with E-state index < -0.39 is 0 Å². The highest BCUT2D eigenvalue weighted by molar-refractivity contribution is 5.79. The zero-order chi connectivity index (χ0) is 24.5. The fraction of sp³-hybridized carbons (Fsp3) is 0.962. The smallest absolute Gasteiger partial charge is 0.135 e. The van der Waals surface area contributed by atoms with Crippen molar-refractivity contribution in [2.45, 2.75) is 77.1 Å². The van der Waals surface area contributed by atoms with E-state index in [1.807, 2.05) is 7.05 Å². The van der Waals surface area contributed by atoms with Gasteiger partial charge in [0.15, 0.2) is 0 Å². The minimum atomic E-state index is -0.0220. The molecule has 4 aliphatic heterocycles. The molecule has 0 saturated carbocycles. The quantitative estimate of drug-likeness (QED) is 0.612. The van der Waals surface area contributed by atoms with E-state index in [1.54, 1.807) is 14.2 Å². The first-order chi connectivity index (χ1) is 15.8. The molecular formula is C26H56N4O4. The maximum Gasteiger partial charge on any atom is 0.135 e. The third-order valence-electron chi connectivity index (χ3n) is 6.85. The van der Waals surface area contributed by atoms with E-state index in [1.165, 1.54) is 38.8 Å². The summed E-state index contributed by atoms with van der Waals surface area (Å²) in [4.78, 5) is 17.3. The Morgan fingerprint density at radius 3 is 1.44 bits per heavy atom. The van der Waals surface area contributed by atoms with Gasteiger partial charge >= 0.3 is 0 Å². The number of carbonyl (C=O) groups is 1. The van der Waals surface area contributed by atoms with Gasteiger partial charge in [0.25, 0.3) is 0 Å². The Bertz CT molecular complexity index is 455. The van der Waals surface area contributed by atoms with Gasteiger partial charge in [-0.05, 0) is 72.8 Å². The molecule has 0 aromatic heterocycles. The lowest BCUT2D eigenvalue weighted by molar-refractivity contribution is -0.121. The summed E-state index contributed by atoms with van der Waals surface area (Å²) >= 11 is 0. The predicted octanol–water partition coefficient (Wildman–Crippen LogP) is 2.10. The standard InChI is InChI=1S/C7H15NO.2C6H13NO.C6H11NO.CH4/c1-8-5-3-7(9-2)4-6-8;1-8-6-2-4-7-5-3-6;2*1-7-4-2-6(8)3-5-7;/h7H,3-6H2,1-2H3;6-7H,2-5H2,1H3;6,8H,2-5H2,1H3;2-5H2,1H3;1H4. The normalized spacial score (nSPS) is 23.9. The number of carbonyl (C=O) groups excluding carboxylic acids is 1. The van der Waals surface area contributed by atoms with Gasteiger partial charge in [0, 0.05) is 66.3 Å². The summed E-state index contributed by atoms with van der Waals surface area (Å²) in [6, 6.07) is 0. The Labute approximate surface area is 210 Å². The van der Waals surface area contributed by atoms with E-state index in [0.29, 0.717) is 18.0 Å². The lowest BCUT2D eigenvalue weighted by atomic mass is 10.1. The zero-order valence-corrected chi connectivity index (χ0v) is 22.1. The summed E-state index contributed by atoms with van der Waals surface area (Å²) < 4.78 is 10.4. The molecule has 0 atom stereocenters. The van der Waals surface area contributed by atoms with Crippen molar-refractivity contribution in [3.05, 3.63) is 0 Å². The minimum Gasteiger partial charge on any atom is -0.393 e. The zero-order valence-electron chi connectivity index (χ0n) is 22.1. The number of hydrogen-bond donors (Lipinski definition) is 2. The average molecular weight is 489 g/mol. The number of ether oxygens (including phenoxy) is 2.